The Hall–Kier alpha value is -2.06. The van der Waals surface area contributed by atoms with Gasteiger partial charge in [-0.1, -0.05) is 0 Å². The predicted molar refractivity (Wildman–Crippen MR) is 45.7 cm³/mol. The van der Waals surface area contributed by atoms with Gasteiger partial charge >= 0.3 is 12.1 Å². The highest BCUT2D eigenvalue weighted by molar-refractivity contribution is 5.92. The van der Waals surface area contributed by atoms with Gasteiger partial charge in [-0.2, -0.15) is 0 Å². The normalized spacial score (nSPS) is 8.79. The Morgan fingerprint density at radius 2 is 1.36 bits per heavy atom. The summed E-state index contributed by atoms with van der Waals surface area (Å²) in [4.78, 5) is 43.6. The van der Waals surface area contributed by atoms with E-state index in [0.29, 0.717) is 4.90 Å². The van der Waals surface area contributed by atoms with Crippen LogP contribution in [0.5, 0.6) is 0 Å². The molecule has 0 bridgehead atoms. The van der Waals surface area contributed by atoms with E-state index in [-0.39, 0.29) is 5.12 Å². The van der Waals surface area contributed by atoms with Crippen LogP contribution in [0.2, 0.25) is 0 Å². The Bertz CT molecular complexity index is 257. The number of rotatable bonds is 2. The highest BCUT2D eigenvalue weighted by atomic mass is 16.4. The Balaban J connectivity index is 4.60. The molecule has 0 heterocycles. The molecular weight excluding hydrogens is 194 g/mol. The summed E-state index contributed by atoms with van der Waals surface area (Å²) >= 11 is 0. The van der Waals surface area contributed by atoms with Crippen LogP contribution in [0.1, 0.15) is 0 Å². The molecule has 14 heavy (non-hydrogen) atoms. The summed E-state index contributed by atoms with van der Waals surface area (Å²) in [6.45, 7) is 0. The third kappa shape index (κ3) is 2.47. The lowest BCUT2D eigenvalue weighted by Gasteiger charge is -2.19. The maximum Gasteiger partial charge on any atom is 0.375 e. The van der Waals surface area contributed by atoms with Gasteiger partial charge in [0.2, 0.25) is 0 Å². The monoisotopic (exact) mass is 203 g/mol. The number of hydrogen-bond donors (Lipinski definition) is 0. The van der Waals surface area contributed by atoms with Crippen LogP contribution in [0.25, 0.3) is 0 Å². The summed E-state index contributed by atoms with van der Waals surface area (Å²) in [7, 11) is 3.90. The Kier molecular flexibility index (Phi) is 4.13. The van der Waals surface area contributed by atoms with Crippen molar-refractivity contribution >= 4 is 12.1 Å². The summed E-state index contributed by atoms with van der Waals surface area (Å²) in [5, 5.41) is 3.76. The molecule has 0 rings (SSSR count). The third-order valence-corrected chi connectivity index (χ3v) is 1.28. The smallest absolute Gasteiger partial charge is 0.330 e. The van der Waals surface area contributed by atoms with Gasteiger partial charge in [-0.25, -0.2) is 14.5 Å². The van der Waals surface area contributed by atoms with Gasteiger partial charge in [-0.3, -0.25) is 0 Å². The topological polar surface area (TPSA) is 103 Å². The molecule has 0 fully saturated rings. The van der Waals surface area contributed by atoms with Gasteiger partial charge in [0.25, 0.3) is 0 Å². The number of urea groups is 2. The van der Waals surface area contributed by atoms with E-state index in [4.69, 9.17) is 0 Å². The lowest BCUT2D eigenvalue weighted by molar-refractivity contribution is 0.152. The molecule has 0 aliphatic heterocycles. The van der Waals surface area contributed by atoms with Crippen molar-refractivity contribution in [3.8, 4) is 0 Å². The van der Waals surface area contributed by atoms with Crippen LogP contribution in [0.4, 0.5) is 9.59 Å². The number of carbonyl (C=O) groups excluding carboxylic acids is 2. The maximum atomic E-state index is 11.1. The third-order valence-electron chi connectivity index (χ3n) is 1.28. The average molecular weight is 203 g/mol. The van der Waals surface area contributed by atoms with E-state index < -0.39 is 12.1 Å². The summed E-state index contributed by atoms with van der Waals surface area (Å²) in [5.41, 5.74) is 0. The molecule has 0 atom stereocenters. The molecule has 0 aromatic rings. The van der Waals surface area contributed by atoms with Gasteiger partial charge in [0.15, 0.2) is 0 Å². The second-order valence-corrected chi connectivity index (χ2v) is 2.47. The zero-order chi connectivity index (χ0) is 11.3. The van der Waals surface area contributed by atoms with E-state index in [0.717, 1.165) is 11.9 Å². The van der Waals surface area contributed by atoms with Gasteiger partial charge < -0.3 is 4.90 Å². The average Bonchev–Trinajstić information content (AvgIpc) is 2.17. The maximum absolute atomic E-state index is 11.1. The molecule has 0 saturated carbocycles. The van der Waals surface area contributed by atoms with Crippen molar-refractivity contribution in [2.24, 2.45) is 10.6 Å². The lowest BCUT2D eigenvalue weighted by Crippen LogP contribution is -2.44. The van der Waals surface area contributed by atoms with Crippen LogP contribution in [0, 0.1) is 9.81 Å². The van der Waals surface area contributed by atoms with E-state index in [1.807, 2.05) is 10.6 Å². The molecule has 4 amide bonds. The first-order valence-corrected chi connectivity index (χ1v) is 3.41. The molecule has 0 aliphatic carbocycles. The van der Waals surface area contributed by atoms with Crippen LogP contribution in [0.3, 0.4) is 0 Å². The fourth-order valence-electron chi connectivity index (χ4n) is 0.601. The molecule has 0 aromatic heterocycles. The largest absolute Gasteiger partial charge is 0.375 e. The van der Waals surface area contributed by atoms with Crippen molar-refractivity contribution < 1.29 is 9.59 Å². The minimum atomic E-state index is -1.21. The van der Waals surface area contributed by atoms with Crippen LogP contribution in [-0.2, 0) is 0 Å². The number of imide groups is 1. The van der Waals surface area contributed by atoms with E-state index >= 15 is 0 Å². The molecule has 78 valence electrons. The molecule has 0 unspecified atom stereocenters. The Morgan fingerprint density at radius 3 is 1.64 bits per heavy atom. The van der Waals surface area contributed by atoms with E-state index in [2.05, 4.69) is 0 Å². The zero-order valence-corrected chi connectivity index (χ0v) is 7.87. The summed E-state index contributed by atoms with van der Waals surface area (Å²) in [5.74, 6) is 0. The molecule has 0 radical (unpaired) electrons. The second kappa shape index (κ2) is 4.84. The van der Waals surface area contributed by atoms with E-state index in [1.165, 1.54) is 14.1 Å². The standard InChI is InChI=1S/C5H9N5O4/c1-8(2)4(11)9(3)5(12)10(6-13)7-14/h1-3H3. The van der Waals surface area contributed by atoms with Crippen molar-refractivity contribution in [2.45, 2.75) is 0 Å². The molecule has 0 saturated heterocycles. The van der Waals surface area contributed by atoms with Crippen molar-refractivity contribution in [2.75, 3.05) is 21.1 Å². The van der Waals surface area contributed by atoms with E-state index in [1.54, 1.807) is 0 Å². The Labute approximate surface area is 79.1 Å². The van der Waals surface area contributed by atoms with Crippen LogP contribution < -0.4 is 0 Å². The van der Waals surface area contributed by atoms with Crippen LogP contribution in [0.15, 0.2) is 10.6 Å². The first kappa shape index (κ1) is 11.9. The van der Waals surface area contributed by atoms with Gasteiger partial charge in [0.05, 0.1) is 10.6 Å². The molecular formula is C5H9N5O4. The van der Waals surface area contributed by atoms with Gasteiger partial charge in [0.1, 0.15) is 0 Å². The molecule has 9 heteroatoms. The lowest BCUT2D eigenvalue weighted by atomic mass is 10.7. The summed E-state index contributed by atoms with van der Waals surface area (Å²) < 4.78 is 0. The Morgan fingerprint density at radius 1 is 0.929 bits per heavy atom. The highest BCUT2D eigenvalue weighted by Crippen LogP contribution is 2.00. The van der Waals surface area contributed by atoms with Crippen molar-refractivity contribution in [1.82, 2.24) is 14.9 Å². The summed E-state index contributed by atoms with van der Waals surface area (Å²) in [6, 6.07) is -1.92. The number of amides is 4. The van der Waals surface area contributed by atoms with E-state index in [9.17, 15) is 19.4 Å². The number of nitroso groups, excluding NO2 is 2. The first-order valence-electron chi connectivity index (χ1n) is 3.41. The van der Waals surface area contributed by atoms with Gasteiger partial charge in [-0.05, 0) is 5.12 Å². The van der Waals surface area contributed by atoms with Gasteiger partial charge in [0, 0.05) is 21.1 Å². The van der Waals surface area contributed by atoms with Crippen molar-refractivity contribution in [3.63, 3.8) is 0 Å². The predicted octanol–water partition coefficient (Wildman–Crippen LogP) is 0.385. The van der Waals surface area contributed by atoms with Crippen LogP contribution >= 0.6 is 0 Å². The SMILES string of the molecule is CN(C)C(=O)N(C)C(=O)N(N=O)N=O. The van der Waals surface area contributed by atoms with Crippen molar-refractivity contribution in [1.29, 1.82) is 0 Å². The minimum Gasteiger partial charge on any atom is -0.330 e. The first-order chi connectivity index (χ1) is 6.45. The fraction of sp³-hybridized carbons (Fsp3) is 0.600. The minimum absolute atomic E-state index is 0.263. The number of nitrogens with zero attached hydrogens (tertiary/aromatic N) is 5. The molecule has 0 aliphatic rings. The molecule has 9 nitrogen and oxygen atoms in total. The van der Waals surface area contributed by atoms with Crippen LogP contribution in [-0.4, -0.2) is 48.1 Å². The zero-order valence-electron chi connectivity index (χ0n) is 7.87. The van der Waals surface area contributed by atoms with Gasteiger partial charge in [-0.15, -0.1) is 9.81 Å². The summed E-state index contributed by atoms with van der Waals surface area (Å²) in [6.07, 6.45) is 0. The highest BCUT2D eigenvalue weighted by Gasteiger charge is 2.25. The quantitative estimate of drug-likeness (QED) is 0.478. The second-order valence-electron chi connectivity index (χ2n) is 2.47. The molecule has 0 N–H and O–H groups in total. The fourth-order valence-corrected chi connectivity index (χ4v) is 0.601. The molecule has 0 aromatic carbocycles. The number of carbonyl (C=O) groups is 2. The molecule has 0 spiro atoms. The van der Waals surface area contributed by atoms with Crippen molar-refractivity contribution in [3.05, 3.63) is 9.81 Å². The number of hydrogen-bond acceptors (Lipinski definition) is 6.